The number of allylic oxidation sites excluding steroid dienone is 1. The van der Waals surface area contributed by atoms with Crippen molar-refractivity contribution in [1.29, 1.82) is 0 Å². The van der Waals surface area contributed by atoms with Crippen LogP contribution >= 0.6 is 31.9 Å². The molecule has 1 aliphatic rings. The highest BCUT2D eigenvalue weighted by atomic mass is 79.9. The van der Waals surface area contributed by atoms with Crippen LogP contribution in [0.15, 0.2) is 32.3 Å². The maximum Gasteiger partial charge on any atom is 0.338 e. The molecule has 2 rings (SSSR count). The van der Waals surface area contributed by atoms with Gasteiger partial charge in [0.15, 0.2) is 0 Å². The molecule has 3 N–H and O–H groups in total. The molecule has 1 aromatic carbocycles. The fraction of sp³-hybridized carbons (Fsp3) is 0.375. The molecule has 0 radical (unpaired) electrons. The predicted molar refractivity (Wildman–Crippen MR) is 96.4 cm³/mol. The molecule has 0 bridgehead atoms. The van der Waals surface area contributed by atoms with Crippen LogP contribution in [-0.4, -0.2) is 23.7 Å². The minimum Gasteiger partial charge on any atom is -0.506 e. The van der Waals surface area contributed by atoms with Crippen molar-refractivity contribution < 1.29 is 19.4 Å². The summed E-state index contributed by atoms with van der Waals surface area (Å²) >= 11 is 6.61. The number of carbonyl (C=O) groups is 2. The summed E-state index contributed by atoms with van der Waals surface area (Å²) in [5.41, 5.74) is 1.05. The Bertz CT molecular complexity index is 716. The second-order valence-corrected chi connectivity index (χ2v) is 7.66. The van der Waals surface area contributed by atoms with Crippen LogP contribution in [0.3, 0.4) is 0 Å². The second kappa shape index (κ2) is 7.57. The van der Waals surface area contributed by atoms with Crippen LogP contribution in [0.1, 0.15) is 32.4 Å². The normalized spacial score (nSPS) is 17.6. The second-order valence-electron chi connectivity index (χ2n) is 5.89. The van der Waals surface area contributed by atoms with Crippen LogP contribution in [0, 0.1) is 5.92 Å². The minimum atomic E-state index is -0.813. The lowest BCUT2D eigenvalue weighted by molar-refractivity contribution is -0.140. The third-order valence-corrected chi connectivity index (χ3v) is 4.47. The number of halogens is 2. The van der Waals surface area contributed by atoms with Crippen LogP contribution in [0.25, 0.3) is 0 Å². The first-order valence-corrected chi connectivity index (χ1v) is 8.92. The Hall–Kier alpha value is -1.54. The van der Waals surface area contributed by atoms with Crippen LogP contribution in [0.2, 0.25) is 0 Å². The van der Waals surface area contributed by atoms with E-state index in [1.165, 1.54) is 0 Å². The van der Waals surface area contributed by atoms with Gasteiger partial charge in [0.05, 0.1) is 22.7 Å². The number of carbonyl (C=O) groups excluding carboxylic acids is 2. The molecule has 0 spiro atoms. The van der Waals surface area contributed by atoms with Gasteiger partial charge in [-0.15, -0.1) is 0 Å². The fourth-order valence-electron chi connectivity index (χ4n) is 2.32. The smallest absolute Gasteiger partial charge is 0.338 e. The topological polar surface area (TPSA) is 87.7 Å². The van der Waals surface area contributed by atoms with Gasteiger partial charge in [0.2, 0.25) is 0 Å². The summed E-state index contributed by atoms with van der Waals surface area (Å²) in [5, 5.41) is 15.6. The van der Waals surface area contributed by atoms with Gasteiger partial charge in [-0.2, -0.15) is 0 Å². The molecular formula is C16H18Br2N2O4. The van der Waals surface area contributed by atoms with Gasteiger partial charge in [-0.3, -0.25) is 0 Å². The van der Waals surface area contributed by atoms with E-state index in [9.17, 15) is 14.7 Å². The van der Waals surface area contributed by atoms with Crippen LogP contribution in [0.5, 0.6) is 5.75 Å². The fourth-order valence-corrected chi connectivity index (χ4v) is 3.58. The largest absolute Gasteiger partial charge is 0.506 e. The molecule has 1 heterocycles. The number of phenols is 1. The van der Waals surface area contributed by atoms with Gasteiger partial charge >= 0.3 is 12.0 Å². The maximum absolute atomic E-state index is 12.5. The highest BCUT2D eigenvalue weighted by Crippen LogP contribution is 2.39. The number of nitrogens with one attached hydrogen (secondary N) is 2. The molecule has 1 unspecified atom stereocenters. The van der Waals surface area contributed by atoms with Crippen molar-refractivity contribution >= 4 is 43.9 Å². The summed E-state index contributed by atoms with van der Waals surface area (Å²) in [6.45, 7) is 5.76. The summed E-state index contributed by atoms with van der Waals surface area (Å²) in [5.74, 6) is -0.394. The summed E-state index contributed by atoms with van der Waals surface area (Å²) in [7, 11) is 0. The first kappa shape index (κ1) is 18.8. The van der Waals surface area contributed by atoms with Crippen molar-refractivity contribution in [2.24, 2.45) is 5.92 Å². The Balaban J connectivity index is 2.47. The van der Waals surface area contributed by atoms with Crippen molar-refractivity contribution in [3.8, 4) is 5.75 Å². The van der Waals surface area contributed by atoms with Crippen molar-refractivity contribution in [2.75, 3.05) is 6.61 Å². The van der Waals surface area contributed by atoms with E-state index in [2.05, 4.69) is 42.5 Å². The molecule has 0 aliphatic carbocycles. The average Bonchev–Trinajstić information content (AvgIpc) is 2.47. The molecule has 0 saturated carbocycles. The molecule has 1 atom stereocenters. The Labute approximate surface area is 156 Å². The maximum atomic E-state index is 12.5. The van der Waals surface area contributed by atoms with Crippen molar-refractivity contribution in [1.82, 2.24) is 10.6 Å². The van der Waals surface area contributed by atoms with Crippen LogP contribution in [-0.2, 0) is 9.53 Å². The Morgan fingerprint density at radius 3 is 2.67 bits per heavy atom. The van der Waals surface area contributed by atoms with E-state index in [4.69, 9.17) is 4.74 Å². The monoisotopic (exact) mass is 460 g/mol. The molecule has 2 amide bonds. The zero-order chi connectivity index (χ0) is 18.0. The number of phenolic OH excluding ortho intramolecular Hbond substituents is 1. The standard InChI is InChI=1S/C16H18Br2N2O4/c1-7(2)6-24-15(22)12-8(3)19-16(23)20-13(12)10-4-9(17)5-11(18)14(10)21/h4-5,7,13,21H,6H2,1-3H3,(H2,19,20,23). The van der Waals surface area contributed by atoms with E-state index in [-0.39, 0.29) is 23.8 Å². The van der Waals surface area contributed by atoms with E-state index in [1.54, 1.807) is 19.1 Å². The van der Waals surface area contributed by atoms with E-state index < -0.39 is 18.0 Å². The number of ether oxygens (including phenoxy) is 1. The number of esters is 1. The Morgan fingerprint density at radius 2 is 2.04 bits per heavy atom. The Morgan fingerprint density at radius 1 is 1.38 bits per heavy atom. The van der Waals surface area contributed by atoms with Gasteiger partial charge in [0.25, 0.3) is 0 Å². The van der Waals surface area contributed by atoms with E-state index in [0.29, 0.717) is 20.2 Å². The van der Waals surface area contributed by atoms with Crippen molar-refractivity contribution in [3.05, 3.63) is 37.9 Å². The molecule has 0 fully saturated rings. The van der Waals surface area contributed by atoms with Gasteiger partial charge in [-0.25, -0.2) is 9.59 Å². The lowest BCUT2D eigenvalue weighted by Gasteiger charge is -2.29. The molecule has 24 heavy (non-hydrogen) atoms. The van der Waals surface area contributed by atoms with Crippen LogP contribution < -0.4 is 10.6 Å². The summed E-state index contributed by atoms with van der Waals surface area (Å²) in [4.78, 5) is 24.4. The quantitative estimate of drug-likeness (QED) is 0.596. The number of urea groups is 1. The number of benzene rings is 1. The molecule has 8 heteroatoms. The summed E-state index contributed by atoms with van der Waals surface area (Å²) < 4.78 is 6.46. The molecule has 1 aromatic rings. The van der Waals surface area contributed by atoms with E-state index >= 15 is 0 Å². The highest BCUT2D eigenvalue weighted by Gasteiger charge is 2.34. The van der Waals surface area contributed by atoms with Crippen LogP contribution in [0.4, 0.5) is 4.79 Å². The molecule has 0 aromatic heterocycles. The number of hydrogen-bond acceptors (Lipinski definition) is 4. The summed E-state index contributed by atoms with van der Waals surface area (Å²) in [6.07, 6.45) is 0. The van der Waals surface area contributed by atoms with Crippen molar-refractivity contribution in [2.45, 2.75) is 26.8 Å². The van der Waals surface area contributed by atoms with Gasteiger partial charge in [0.1, 0.15) is 5.75 Å². The van der Waals surface area contributed by atoms with E-state index in [0.717, 1.165) is 0 Å². The van der Waals surface area contributed by atoms with Crippen molar-refractivity contribution in [3.63, 3.8) is 0 Å². The Kier molecular flexibility index (Phi) is 5.92. The summed E-state index contributed by atoms with van der Waals surface area (Å²) in [6, 6.07) is 2.06. The minimum absolute atomic E-state index is 0.0487. The SMILES string of the molecule is CC1=C(C(=O)OCC(C)C)C(c2cc(Br)cc(Br)c2O)NC(=O)N1. The number of aromatic hydroxyl groups is 1. The number of hydrogen-bond donors (Lipinski definition) is 3. The van der Waals surface area contributed by atoms with Gasteiger partial charge < -0.3 is 20.5 Å². The zero-order valence-corrected chi connectivity index (χ0v) is 16.6. The third-order valence-electron chi connectivity index (χ3n) is 3.41. The number of amides is 2. The van der Waals surface area contributed by atoms with Gasteiger partial charge in [0, 0.05) is 15.7 Å². The molecule has 6 nitrogen and oxygen atoms in total. The first-order chi connectivity index (χ1) is 11.2. The highest BCUT2D eigenvalue weighted by molar-refractivity contribution is 9.11. The molecule has 130 valence electrons. The molecule has 1 aliphatic heterocycles. The lowest BCUT2D eigenvalue weighted by atomic mass is 9.95. The average molecular weight is 462 g/mol. The molecule has 0 saturated heterocycles. The lowest BCUT2D eigenvalue weighted by Crippen LogP contribution is -2.45. The number of rotatable bonds is 4. The van der Waals surface area contributed by atoms with Gasteiger partial charge in [-0.1, -0.05) is 29.8 Å². The van der Waals surface area contributed by atoms with Gasteiger partial charge in [-0.05, 0) is 40.9 Å². The van der Waals surface area contributed by atoms with E-state index in [1.807, 2.05) is 13.8 Å². The molecular weight excluding hydrogens is 444 g/mol. The first-order valence-electron chi connectivity index (χ1n) is 7.34. The zero-order valence-electron chi connectivity index (χ0n) is 13.4. The predicted octanol–water partition coefficient (Wildman–Crippen LogP) is 3.74. The third kappa shape index (κ3) is 4.10.